The molecule has 21 heavy (non-hydrogen) atoms. The van der Waals surface area contributed by atoms with E-state index in [1.54, 1.807) is 0 Å². The van der Waals surface area contributed by atoms with Gasteiger partial charge in [-0.15, -0.1) is 5.10 Å². The third kappa shape index (κ3) is 3.39. The van der Waals surface area contributed by atoms with Gasteiger partial charge in [-0.25, -0.2) is 0 Å². The number of hydrogen-bond acceptors (Lipinski definition) is 6. The first kappa shape index (κ1) is 15.9. The lowest BCUT2D eigenvalue weighted by atomic mass is 9.88. The Labute approximate surface area is 129 Å². The van der Waals surface area contributed by atoms with Gasteiger partial charge < -0.3 is 10.2 Å². The first-order valence-electron chi connectivity index (χ1n) is 7.02. The van der Waals surface area contributed by atoms with Crippen LogP contribution in [0.1, 0.15) is 49.0 Å². The number of likely N-dealkylation sites (tertiary alicyclic amines) is 1. The van der Waals surface area contributed by atoms with E-state index in [4.69, 9.17) is 0 Å². The molecule has 1 saturated heterocycles. The van der Waals surface area contributed by atoms with E-state index in [-0.39, 0.29) is 11.3 Å². The molecule has 1 aromatic rings. The molecule has 0 bridgehead atoms. The van der Waals surface area contributed by atoms with E-state index in [0.717, 1.165) is 24.6 Å². The number of hydrogen-bond donors (Lipinski definition) is 1. The number of rotatable bonds is 2. The Balaban J connectivity index is 2.18. The molecule has 0 unspecified atom stereocenters. The second kappa shape index (κ2) is 5.70. The molecule has 1 aliphatic rings. The maximum absolute atomic E-state index is 12.5. The van der Waals surface area contributed by atoms with Crippen LogP contribution in [0.25, 0.3) is 0 Å². The highest BCUT2D eigenvalue weighted by molar-refractivity contribution is 7.08. The van der Waals surface area contributed by atoms with Crippen molar-refractivity contribution < 1.29 is 4.79 Å². The van der Waals surface area contributed by atoms with Crippen molar-refractivity contribution in [1.82, 2.24) is 19.8 Å². The van der Waals surface area contributed by atoms with Crippen molar-refractivity contribution in [1.29, 1.82) is 5.26 Å². The summed E-state index contributed by atoms with van der Waals surface area (Å²) in [6, 6.07) is 2.29. The zero-order valence-corrected chi connectivity index (χ0v) is 13.8. The highest BCUT2D eigenvalue weighted by atomic mass is 32.1. The average Bonchev–Trinajstić information content (AvgIpc) is 2.91. The highest BCUT2D eigenvalue weighted by Crippen LogP contribution is 2.27. The van der Waals surface area contributed by atoms with Gasteiger partial charge in [-0.2, -0.15) is 5.26 Å². The fraction of sp³-hybridized carbons (Fsp3) is 0.714. The van der Waals surface area contributed by atoms with Gasteiger partial charge in [-0.1, -0.05) is 25.3 Å². The highest BCUT2D eigenvalue weighted by Gasteiger charge is 2.37. The molecule has 0 atom stereocenters. The predicted molar refractivity (Wildman–Crippen MR) is 81.2 cm³/mol. The second-order valence-electron chi connectivity index (χ2n) is 6.65. The van der Waals surface area contributed by atoms with E-state index < -0.39 is 5.54 Å². The molecule has 0 saturated carbocycles. The van der Waals surface area contributed by atoms with E-state index >= 15 is 0 Å². The summed E-state index contributed by atoms with van der Waals surface area (Å²) in [5, 5.41) is 16.5. The van der Waals surface area contributed by atoms with E-state index in [2.05, 4.69) is 25.9 Å². The van der Waals surface area contributed by atoms with Crippen LogP contribution < -0.4 is 5.32 Å². The molecule has 1 fully saturated rings. The zero-order valence-electron chi connectivity index (χ0n) is 12.9. The van der Waals surface area contributed by atoms with E-state index in [1.807, 2.05) is 27.8 Å². The minimum Gasteiger partial charge on any atom is -0.333 e. The number of nitrogens with one attached hydrogen (secondary N) is 1. The second-order valence-corrected chi connectivity index (χ2v) is 7.41. The molecule has 114 valence electrons. The number of carbonyl (C=O) groups is 1. The van der Waals surface area contributed by atoms with Gasteiger partial charge in [0.15, 0.2) is 0 Å². The third-order valence-electron chi connectivity index (χ3n) is 3.81. The van der Waals surface area contributed by atoms with Crippen molar-refractivity contribution in [3.05, 3.63) is 10.6 Å². The average molecular weight is 307 g/mol. The fourth-order valence-corrected chi connectivity index (χ4v) is 3.14. The minimum absolute atomic E-state index is 0.235. The van der Waals surface area contributed by atoms with Gasteiger partial charge in [-0.3, -0.25) is 4.79 Å². The lowest BCUT2D eigenvalue weighted by molar-refractivity contribution is 0.0883. The molecule has 1 amide bonds. The molecule has 1 aliphatic heterocycles. The molecule has 0 aliphatic carbocycles. The van der Waals surface area contributed by atoms with Crippen molar-refractivity contribution in [2.45, 2.75) is 44.6 Å². The largest absolute Gasteiger partial charge is 0.333 e. The van der Waals surface area contributed by atoms with Gasteiger partial charge in [0.1, 0.15) is 10.4 Å². The van der Waals surface area contributed by atoms with Gasteiger partial charge in [-0.05, 0) is 31.4 Å². The number of aromatic nitrogens is 2. The van der Waals surface area contributed by atoms with Gasteiger partial charge in [0.2, 0.25) is 0 Å². The molecule has 2 rings (SSSR count). The number of carbonyl (C=O) groups excluding carboxylic acids is 1. The molecule has 6 nitrogen and oxygen atoms in total. The molecule has 0 radical (unpaired) electrons. The van der Waals surface area contributed by atoms with Crippen LogP contribution in [0.5, 0.6) is 0 Å². The van der Waals surface area contributed by atoms with E-state index in [1.165, 1.54) is 0 Å². The van der Waals surface area contributed by atoms with E-state index in [9.17, 15) is 10.1 Å². The SMILES string of the molecule is CN1CCC(C#N)(NC(=O)c2snnc2C(C)(C)C)CC1. The van der Waals surface area contributed by atoms with Crippen LogP contribution in [0.4, 0.5) is 0 Å². The Morgan fingerprint density at radius 3 is 2.57 bits per heavy atom. The Morgan fingerprint density at radius 1 is 1.43 bits per heavy atom. The molecule has 0 spiro atoms. The van der Waals surface area contributed by atoms with Crippen LogP contribution >= 0.6 is 11.5 Å². The standard InChI is InChI=1S/C14H21N5OS/c1-13(2,3)11-10(21-18-17-11)12(20)16-14(9-15)5-7-19(4)8-6-14/h5-8H2,1-4H3,(H,16,20). The van der Waals surface area contributed by atoms with Gasteiger partial charge in [0, 0.05) is 18.5 Å². The van der Waals surface area contributed by atoms with Crippen LogP contribution in [-0.2, 0) is 5.41 Å². The van der Waals surface area contributed by atoms with Crippen LogP contribution in [0, 0.1) is 11.3 Å². The Morgan fingerprint density at radius 2 is 2.05 bits per heavy atom. The van der Waals surface area contributed by atoms with Crippen LogP contribution in [-0.4, -0.2) is 46.1 Å². The number of nitriles is 1. The number of nitrogens with zero attached hydrogens (tertiary/aromatic N) is 4. The molecule has 1 aromatic heterocycles. The summed E-state index contributed by atoms with van der Waals surface area (Å²) >= 11 is 1.09. The summed E-state index contributed by atoms with van der Waals surface area (Å²) in [4.78, 5) is 15.2. The summed E-state index contributed by atoms with van der Waals surface area (Å²) in [6.07, 6.45) is 1.28. The topological polar surface area (TPSA) is 81.9 Å². The molecule has 2 heterocycles. The van der Waals surface area contributed by atoms with Crippen LogP contribution in [0.2, 0.25) is 0 Å². The van der Waals surface area contributed by atoms with Crippen molar-refractivity contribution in [3.63, 3.8) is 0 Å². The summed E-state index contributed by atoms with van der Waals surface area (Å²) in [6.45, 7) is 7.60. The maximum atomic E-state index is 12.5. The zero-order chi connectivity index (χ0) is 15.7. The normalized spacial score (nSPS) is 19.0. The molecule has 7 heteroatoms. The monoisotopic (exact) mass is 307 g/mol. The fourth-order valence-electron chi connectivity index (χ4n) is 2.37. The summed E-state index contributed by atoms with van der Waals surface area (Å²) in [7, 11) is 2.02. The third-order valence-corrected chi connectivity index (χ3v) is 4.54. The van der Waals surface area contributed by atoms with Crippen LogP contribution in [0.3, 0.4) is 0 Å². The molecule has 1 N–H and O–H groups in total. The summed E-state index contributed by atoms with van der Waals surface area (Å²) < 4.78 is 3.90. The van der Waals surface area contributed by atoms with Crippen molar-refractivity contribution in [2.75, 3.05) is 20.1 Å². The van der Waals surface area contributed by atoms with Crippen molar-refractivity contribution >= 4 is 17.4 Å². The lowest BCUT2D eigenvalue weighted by Crippen LogP contribution is -2.53. The Kier molecular flexibility index (Phi) is 4.30. The number of amides is 1. The predicted octanol–water partition coefficient (Wildman–Crippen LogP) is 1.55. The smallest absolute Gasteiger partial charge is 0.266 e. The number of piperidine rings is 1. The quantitative estimate of drug-likeness (QED) is 0.896. The van der Waals surface area contributed by atoms with E-state index in [0.29, 0.717) is 23.4 Å². The molecular weight excluding hydrogens is 286 g/mol. The van der Waals surface area contributed by atoms with Gasteiger partial charge >= 0.3 is 0 Å². The van der Waals surface area contributed by atoms with Crippen molar-refractivity contribution in [2.24, 2.45) is 0 Å². The Bertz CT molecular complexity index is 561. The van der Waals surface area contributed by atoms with Crippen molar-refractivity contribution in [3.8, 4) is 6.07 Å². The van der Waals surface area contributed by atoms with Crippen LogP contribution in [0.15, 0.2) is 0 Å². The maximum Gasteiger partial charge on any atom is 0.266 e. The van der Waals surface area contributed by atoms with Gasteiger partial charge in [0.05, 0.1) is 11.8 Å². The summed E-state index contributed by atoms with van der Waals surface area (Å²) in [5.41, 5.74) is -0.333. The summed E-state index contributed by atoms with van der Waals surface area (Å²) in [5.74, 6) is -0.235. The minimum atomic E-state index is -0.775. The molecule has 0 aromatic carbocycles. The van der Waals surface area contributed by atoms with Gasteiger partial charge in [0.25, 0.3) is 5.91 Å². The molecular formula is C14H21N5OS. The first-order valence-corrected chi connectivity index (χ1v) is 7.80. The lowest BCUT2D eigenvalue weighted by Gasteiger charge is -2.36. The Hall–Kier alpha value is -1.52. The first-order chi connectivity index (χ1) is 9.77.